The van der Waals surface area contributed by atoms with Crippen molar-refractivity contribution in [2.24, 2.45) is 17.8 Å². The Morgan fingerprint density at radius 3 is 2.55 bits per heavy atom. The molecule has 1 heterocycles. The number of likely N-dealkylation sites (tertiary alicyclic amines) is 1. The molecule has 2 atom stereocenters. The van der Waals surface area contributed by atoms with Crippen molar-refractivity contribution in [2.45, 2.75) is 50.5 Å². The van der Waals surface area contributed by atoms with Gasteiger partial charge in [-0.15, -0.1) is 0 Å². The van der Waals surface area contributed by atoms with Crippen molar-refractivity contribution in [3.8, 4) is 5.75 Å². The summed E-state index contributed by atoms with van der Waals surface area (Å²) in [4.78, 5) is 13.5. The molecule has 1 saturated carbocycles. The summed E-state index contributed by atoms with van der Waals surface area (Å²) in [5.74, 6) is 1.48. The summed E-state index contributed by atoms with van der Waals surface area (Å²) in [6.45, 7) is 5.70. The van der Waals surface area contributed by atoms with Crippen molar-refractivity contribution < 1.29 is 27.1 Å². The molecule has 1 aliphatic carbocycles. The van der Waals surface area contributed by atoms with Crippen LogP contribution in [0.25, 0.3) is 0 Å². The van der Waals surface area contributed by atoms with E-state index in [9.17, 15) is 17.6 Å². The van der Waals surface area contributed by atoms with Gasteiger partial charge in [0.2, 0.25) is 0 Å². The molecular weight excluding hydrogens is 397 g/mol. The van der Waals surface area contributed by atoms with Crippen LogP contribution in [-0.2, 0) is 14.6 Å². The predicted molar refractivity (Wildman–Crippen MR) is 107 cm³/mol. The first-order valence-electron chi connectivity index (χ1n) is 10.2. The van der Waals surface area contributed by atoms with Crippen LogP contribution in [0, 0.1) is 23.6 Å². The molecule has 162 valence electrons. The number of rotatable bonds is 7. The molecular formula is C21H30FNO5S. The summed E-state index contributed by atoms with van der Waals surface area (Å²) in [7, 11) is -3.57. The van der Waals surface area contributed by atoms with Crippen LogP contribution >= 0.6 is 0 Å². The van der Waals surface area contributed by atoms with E-state index in [-0.39, 0.29) is 17.1 Å². The maximum Gasteiger partial charge on any atom is 0.410 e. The first-order valence-corrected chi connectivity index (χ1v) is 12.1. The highest BCUT2D eigenvalue weighted by Crippen LogP contribution is 2.49. The van der Waals surface area contributed by atoms with Crippen LogP contribution in [0.5, 0.6) is 5.75 Å². The molecule has 29 heavy (non-hydrogen) atoms. The summed E-state index contributed by atoms with van der Waals surface area (Å²) in [5, 5.41) is 0. The maximum absolute atomic E-state index is 13.9. The lowest BCUT2D eigenvalue weighted by atomic mass is 9.91. The molecule has 8 heteroatoms. The number of hydrogen-bond donors (Lipinski definition) is 0. The van der Waals surface area contributed by atoms with E-state index < -0.39 is 15.7 Å². The highest BCUT2D eigenvalue weighted by Gasteiger charge is 2.43. The zero-order valence-corrected chi connectivity index (χ0v) is 18.1. The monoisotopic (exact) mass is 427 g/mol. The summed E-state index contributed by atoms with van der Waals surface area (Å²) in [5.41, 5.74) is 0. The Bertz CT molecular complexity index is 833. The average Bonchev–Trinajstić information content (AvgIpc) is 3.40. The topological polar surface area (TPSA) is 72.9 Å². The van der Waals surface area contributed by atoms with Gasteiger partial charge in [-0.25, -0.2) is 17.6 Å². The molecule has 1 amide bonds. The fraction of sp³-hybridized carbons (Fsp3) is 0.667. The summed E-state index contributed by atoms with van der Waals surface area (Å²) in [6.07, 6.45) is 4.76. The maximum atomic E-state index is 13.9. The fourth-order valence-corrected chi connectivity index (χ4v) is 4.90. The minimum atomic E-state index is -3.57. The highest BCUT2D eigenvalue weighted by molar-refractivity contribution is 7.90. The Balaban J connectivity index is 1.38. The first-order chi connectivity index (χ1) is 13.6. The zero-order chi connectivity index (χ0) is 21.2. The molecule has 1 aromatic rings. The summed E-state index contributed by atoms with van der Waals surface area (Å²) >= 11 is 0. The number of halogens is 1. The third-order valence-corrected chi connectivity index (χ3v) is 6.91. The predicted octanol–water partition coefficient (Wildman–Crippen LogP) is 3.89. The van der Waals surface area contributed by atoms with Gasteiger partial charge in [-0.2, -0.15) is 0 Å². The zero-order valence-electron chi connectivity index (χ0n) is 17.3. The van der Waals surface area contributed by atoms with E-state index in [4.69, 9.17) is 9.47 Å². The molecule has 0 bridgehead atoms. The highest BCUT2D eigenvalue weighted by atomic mass is 32.2. The second kappa shape index (κ2) is 8.90. The lowest BCUT2D eigenvalue weighted by Crippen LogP contribution is -2.40. The largest absolute Gasteiger partial charge is 0.493 e. The number of amides is 1. The number of carbonyl (C=O) groups is 1. The minimum Gasteiger partial charge on any atom is -0.493 e. The van der Waals surface area contributed by atoms with E-state index in [2.05, 4.69) is 0 Å². The van der Waals surface area contributed by atoms with Gasteiger partial charge in [0.15, 0.2) is 9.84 Å². The van der Waals surface area contributed by atoms with Gasteiger partial charge in [0.1, 0.15) is 16.5 Å². The molecule has 2 aliphatic rings. The van der Waals surface area contributed by atoms with Crippen LogP contribution in [0.3, 0.4) is 0 Å². The number of nitrogens with zero attached hydrogens (tertiary/aromatic N) is 1. The Hall–Kier alpha value is -1.83. The molecule has 2 unspecified atom stereocenters. The lowest BCUT2D eigenvalue weighted by molar-refractivity contribution is 0.0633. The van der Waals surface area contributed by atoms with E-state index in [1.54, 1.807) is 4.90 Å². The molecule has 2 fully saturated rings. The van der Waals surface area contributed by atoms with Gasteiger partial charge in [0.05, 0.1) is 12.7 Å². The molecule has 6 nitrogen and oxygen atoms in total. The van der Waals surface area contributed by atoms with Gasteiger partial charge in [0, 0.05) is 25.4 Å². The number of ether oxygens (including phenoxy) is 2. The van der Waals surface area contributed by atoms with Crippen molar-refractivity contribution in [1.29, 1.82) is 0 Å². The number of carbonyl (C=O) groups excluding carboxylic acids is 1. The first kappa shape index (κ1) is 21.9. The van der Waals surface area contributed by atoms with Gasteiger partial charge in [-0.05, 0) is 69.4 Å². The van der Waals surface area contributed by atoms with Crippen LogP contribution in [-0.4, -0.2) is 51.5 Å². The van der Waals surface area contributed by atoms with Gasteiger partial charge in [0.25, 0.3) is 0 Å². The van der Waals surface area contributed by atoms with E-state index in [0.29, 0.717) is 30.1 Å². The van der Waals surface area contributed by atoms with Gasteiger partial charge < -0.3 is 14.4 Å². The molecule has 3 rings (SSSR count). The van der Waals surface area contributed by atoms with E-state index in [0.717, 1.165) is 44.7 Å². The van der Waals surface area contributed by atoms with Crippen molar-refractivity contribution in [3.05, 3.63) is 24.0 Å². The van der Waals surface area contributed by atoms with E-state index in [1.807, 2.05) is 13.8 Å². The van der Waals surface area contributed by atoms with Gasteiger partial charge >= 0.3 is 6.09 Å². The normalized spacial score (nSPS) is 22.6. The number of piperidine rings is 1. The van der Waals surface area contributed by atoms with Crippen molar-refractivity contribution in [3.63, 3.8) is 0 Å². The summed E-state index contributed by atoms with van der Waals surface area (Å²) in [6, 6.07) is 3.88. The Labute approximate surface area is 172 Å². The third kappa shape index (κ3) is 5.84. The van der Waals surface area contributed by atoms with Crippen LogP contribution in [0.4, 0.5) is 9.18 Å². The average molecular weight is 428 g/mol. The third-order valence-electron chi connectivity index (χ3n) is 5.78. The van der Waals surface area contributed by atoms with Crippen LogP contribution in [0.15, 0.2) is 23.1 Å². The Morgan fingerprint density at radius 1 is 1.28 bits per heavy atom. The van der Waals surface area contributed by atoms with Gasteiger partial charge in [-0.1, -0.05) is 0 Å². The van der Waals surface area contributed by atoms with Crippen LogP contribution < -0.4 is 4.74 Å². The Kier molecular flexibility index (Phi) is 6.71. The second-order valence-corrected chi connectivity index (χ2v) is 10.4. The number of benzene rings is 1. The molecule has 1 aliphatic heterocycles. The summed E-state index contributed by atoms with van der Waals surface area (Å²) < 4.78 is 47.7. The lowest BCUT2D eigenvalue weighted by Gasteiger charge is -2.32. The number of hydrogen-bond acceptors (Lipinski definition) is 5. The van der Waals surface area contributed by atoms with Crippen molar-refractivity contribution >= 4 is 15.9 Å². The van der Waals surface area contributed by atoms with E-state index in [1.165, 1.54) is 18.6 Å². The van der Waals surface area contributed by atoms with Gasteiger partial charge in [-0.3, -0.25) is 0 Å². The number of sulfone groups is 1. The Morgan fingerprint density at radius 2 is 1.97 bits per heavy atom. The quantitative estimate of drug-likeness (QED) is 0.660. The van der Waals surface area contributed by atoms with Crippen molar-refractivity contribution in [2.75, 3.05) is 26.0 Å². The van der Waals surface area contributed by atoms with Crippen LogP contribution in [0.1, 0.15) is 39.5 Å². The second-order valence-electron chi connectivity index (χ2n) is 8.42. The van der Waals surface area contributed by atoms with E-state index >= 15 is 0 Å². The molecule has 1 saturated heterocycles. The molecule has 0 aromatic heterocycles. The van der Waals surface area contributed by atoms with Crippen molar-refractivity contribution in [1.82, 2.24) is 4.90 Å². The van der Waals surface area contributed by atoms with Crippen LogP contribution in [0.2, 0.25) is 0 Å². The standard InChI is InChI=1S/C21H30FNO5S/c1-14(2)28-21(24)23-9-6-15(7-10-23)18-12-16(18)8-11-27-17-4-5-20(19(22)13-17)29(3,25)26/h4-5,13-16,18H,6-12H2,1-3H3. The molecule has 1 aromatic carbocycles. The smallest absolute Gasteiger partial charge is 0.410 e. The molecule has 0 radical (unpaired) electrons. The SMILES string of the molecule is CC(C)OC(=O)N1CCC(C2CC2CCOc2ccc(S(C)(=O)=O)c(F)c2)CC1. The molecule has 0 N–H and O–H groups in total. The fourth-order valence-electron chi connectivity index (χ4n) is 4.17. The minimum absolute atomic E-state index is 0.0934. The molecule has 0 spiro atoms.